The fourth-order valence-electron chi connectivity index (χ4n) is 13.4. The first-order valence-corrected chi connectivity index (χ1v) is 20.7. The Morgan fingerprint density at radius 3 is 1.87 bits per heavy atom. The van der Waals surface area contributed by atoms with Crippen molar-refractivity contribution in [2.24, 2.45) is 50.2 Å². The van der Waals surface area contributed by atoms with Gasteiger partial charge in [-0.2, -0.15) is 0 Å². The van der Waals surface area contributed by atoms with Crippen molar-refractivity contribution in [3.05, 3.63) is 11.6 Å². The summed E-state index contributed by atoms with van der Waals surface area (Å²) in [5, 5.41) is 87.1. The molecule has 2 saturated heterocycles. The van der Waals surface area contributed by atoms with Gasteiger partial charge in [-0.15, -0.1) is 0 Å². The van der Waals surface area contributed by atoms with Gasteiger partial charge in [0, 0.05) is 5.92 Å². The number of carboxylic acids is 3. The average molecular weight is 899 g/mol. The van der Waals surface area contributed by atoms with E-state index in [9.17, 15) is 60.0 Å². The molecule has 4 saturated carbocycles. The monoisotopic (exact) mass is 898 g/mol. The molecule has 0 bridgehead atoms. The van der Waals surface area contributed by atoms with Gasteiger partial charge in [0.05, 0.1) is 23.5 Å². The third-order valence-corrected chi connectivity index (χ3v) is 17.2. The van der Waals surface area contributed by atoms with E-state index in [-0.39, 0.29) is 137 Å². The third kappa shape index (κ3) is 7.97. The van der Waals surface area contributed by atoms with Crippen molar-refractivity contribution >= 4 is 23.7 Å². The van der Waals surface area contributed by atoms with Gasteiger partial charge in [0.2, 0.25) is 0 Å². The molecule has 18 heteroatoms. The van der Waals surface area contributed by atoms with Crippen molar-refractivity contribution in [3.63, 3.8) is 0 Å². The molecule has 7 aliphatic rings. The molecule has 6 fully saturated rings. The Labute approximate surface area is 435 Å². The molecular formula is C42H60K2O16. The molecule has 2 aliphatic heterocycles. The number of allylic oxidation sites excluding steroid dienone is 2. The van der Waals surface area contributed by atoms with Gasteiger partial charge in [-0.3, -0.25) is 9.59 Å². The van der Waals surface area contributed by atoms with Gasteiger partial charge in [0.15, 0.2) is 18.4 Å². The summed E-state index contributed by atoms with van der Waals surface area (Å²) in [5.74, 6) is -5.04. The Bertz CT molecular complexity index is 1740. The zero-order valence-corrected chi connectivity index (χ0v) is 42.5. The van der Waals surface area contributed by atoms with Crippen LogP contribution >= 0.6 is 0 Å². The zero-order chi connectivity index (χ0) is 42.9. The van der Waals surface area contributed by atoms with Crippen LogP contribution in [0, 0.1) is 50.2 Å². The molecule has 0 aromatic carbocycles. The number of ketones is 1. The molecule has 5 aliphatic carbocycles. The van der Waals surface area contributed by atoms with Crippen molar-refractivity contribution in [1.82, 2.24) is 0 Å². The number of ether oxygens (including phenoxy) is 4. The number of aliphatic carboxylic acids is 3. The molecule has 0 unspecified atom stereocenters. The Kier molecular flexibility index (Phi) is 15.3. The van der Waals surface area contributed by atoms with E-state index in [0.717, 1.165) is 24.8 Å². The second-order valence-corrected chi connectivity index (χ2v) is 20.6. The van der Waals surface area contributed by atoms with Gasteiger partial charge in [-0.1, -0.05) is 47.1 Å². The Morgan fingerprint density at radius 2 is 1.28 bits per heavy atom. The Hall–Kier alpha value is 0.733. The van der Waals surface area contributed by atoms with E-state index in [1.807, 2.05) is 26.8 Å². The van der Waals surface area contributed by atoms with Crippen molar-refractivity contribution in [3.8, 4) is 0 Å². The van der Waals surface area contributed by atoms with Crippen LogP contribution in [0.25, 0.3) is 0 Å². The minimum absolute atomic E-state index is 0. The van der Waals surface area contributed by atoms with Crippen molar-refractivity contribution in [2.75, 3.05) is 0 Å². The number of carbonyl (C=O) groups is 4. The van der Waals surface area contributed by atoms with Crippen LogP contribution < -0.4 is 113 Å². The SMILES string of the molecule is CC1(C)[C@@H](O[C@H]2O[C@H](C(=O)[O-])[C@@H](O)[C@H](O)[C@H]2O[C@@H]2O[C@H](C(=O)[O-])[C@@H](O)[C@H](O)[C@H]2O)CC[C@]2(C)[C@H]3C(=O)C=C4[C@H]5C[C@@](C)(C(=O)O)CC[C@]5(C)CC[C@@]4(C)[C@]3(C)CC[C@@H]12.[K+].[K+]. The largest absolute Gasteiger partial charge is 1.00 e. The molecule has 0 radical (unpaired) electrons. The average Bonchev–Trinajstić information content (AvgIpc) is 3.13. The number of hydrogen-bond donors (Lipinski definition) is 6. The summed E-state index contributed by atoms with van der Waals surface area (Å²) >= 11 is 0. The summed E-state index contributed by atoms with van der Waals surface area (Å²) < 4.78 is 23.1. The van der Waals surface area contributed by atoms with Crippen LogP contribution in [-0.2, 0) is 38.1 Å². The fourth-order valence-corrected chi connectivity index (χ4v) is 13.4. The maximum atomic E-state index is 14.8. The number of aliphatic hydroxyl groups excluding tert-OH is 5. The molecule has 19 atom stereocenters. The van der Waals surface area contributed by atoms with E-state index in [1.54, 1.807) is 0 Å². The molecule has 0 aromatic heterocycles. The first kappa shape index (κ1) is 51.7. The molecule has 16 nitrogen and oxygen atoms in total. The summed E-state index contributed by atoms with van der Waals surface area (Å²) in [7, 11) is 0. The molecule has 60 heavy (non-hydrogen) atoms. The standard InChI is InChI=1S/C42H62O16.2K/c1-37(2)21-8-11-42(7)31(20(43)16-18-19-17-39(4,36(53)54)13-12-38(19,3)14-15-41(18,42)6)40(21,5)10-9-22(37)55-35-30(26(47)25(46)29(57-35)33(51)52)58-34-27(48)23(44)24(45)28(56-34)32(49)50;;/h16,19,21-31,34-35,44-48H,8-15,17H2,1-7H3,(H,49,50)(H,51,52)(H,53,54);;/q;2*+1/p-2/t19-,21+,22+,23+,24+,25+,26+,27-,28+,29+,30-,31-,34+,35+,38-,39+,40+,41-,42-;;/m1../s1. The summed E-state index contributed by atoms with van der Waals surface area (Å²) in [6.07, 6.45) is -13.1. The van der Waals surface area contributed by atoms with Crippen LogP contribution in [0.1, 0.15) is 106 Å². The minimum atomic E-state index is -2.15. The van der Waals surface area contributed by atoms with Gasteiger partial charge in [-0.25, -0.2) is 0 Å². The van der Waals surface area contributed by atoms with Crippen LogP contribution in [0.5, 0.6) is 0 Å². The van der Waals surface area contributed by atoms with E-state index in [4.69, 9.17) is 18.9 Å². The first-order valence-electron chi connectivity index (χ1n) is 20.7. The van der Waals surface area contributed by atoms with Gasteiger partial charge >= 0.3 is 109 Å². The maximum absolute atomic E-state index is 14.8. The Morgan fingerprint density at radius 1 is 0.717 bits per heavy atom. The van der Waals surface area contributed by atoms with Crippen LogP contribution in [-0.4, -0.2) is 122 Å². The van der Waals surface area contributed by atoms with Gasteiger partial charge in [0.25, 0.3) is 0 Å². The molecule has 6 N–H and O–H groups in total. The third-order valence-electron chi connectivity index (χ3n) is 17.2. The van der Waals surface area contributed by atoms with Crippen molar-refractivity contribution < 1.29 is 182 Å². The number of fused-ring (bicyclic) bond motifs is 7. The molecule has 326 valence electrons. The summed E-state index contributed by atoms with van der Waals surface area (Å²) in [4.78, 5) is 51.1. The van der Waals surface area contributed by atoms with E-state index in [0.29, 0.717) is 38.5 Å². The fraction of sp³-hybridized carbons (Fsp3) is 0.857. The summed E-state index contributed by atoms with van der Waals surface area (Å²) in [6, 6.07) is 0. The summed E-state index contributed by atoms with van der Waals surface area (Å²) in [5.41, 5.74) is -1.89. The predicted octanol–water partition coefficient (Wildman–Crippen LogP) is -6.42. The number of carboxylic acid groups (broad SMARTS) is 3. The molecule has 0 spiro atoms. The maximum Gasteiger partial charge on any atom is 1.00 e. The smallest absolute Gasteiger partial charge is 0.547 e. The topological polar surface area (TPSA) is 273 Å². The second-order valence-electron chi connectivity index (χ2n) is 20.6. The molecular weight excluding hydrogens is 839 g/mol. The molecule has 2 heterocycles. The predicted molar refractivity (Wildman–Crippen MR) is 194 cm³/mol. The quantitative estimate of drug-likeness (QED) is 0.102. The van der Waals surface area contributed by atoms with Gasteiger partial charge in [-0.05, 0) is 110 Å². The normalized spacial score (nSPS) is 50.8. The number of carbonyl (C=O) groups excluding carboxylic acids is 3. The molecule has 7 rings (SSSR count). The van der Waals surface area contributed by atoms with E-state index in [1.165, 1.54) is 0 Å². The number of hydrogen-bond acceptors (Lipinski definition) is 15. The van der Waals surface area contributed by atoms with Crippen LogP contribution in [0.3, 0.4) is 0 Å². The first-order chi connectivity index (χ1) is 26.8. The molecule has 0 amide bonds. The van der Waals surface area contributed by atoms with E-state index in [2.05, 4.69) is 27.7 Å². The van der Waals surface area contributed by atoms with Gasteiger partial charge in [0.1, 0.15) is 48.8 Å². The zero-order valence-electron chi connectivity index (χ0n) is 36.3. The van der Waals surface area contributed by atoms with E-state index >= 15 is 0 Å². The van der Waals surface area contributed by atoms with Crippen LogP contribution in [0.15, 0.2) is 11.6 Å². The van der Waals surface area contributed by atoms with E-state index < -0.39 is 107 Å². The second kappa shape index (κ2) is 17.8. The van der Waals surface area contributed by atoms with Crippen LogP contribution in [0.2, 0.25) is 0 Å². The van der Waals surface area contributed by atoms with Crippen LogP contribution in [0.4, 0.5) is 0 Å². The van der Waals surface area contributed by atoms with Crippen molar-refractivity contribution in [2.45, 2.75) is 174 Å². The van der Waals surface area contributed by atoms with Gasteiger partial charge < -0.3 is 69.4 Å². The number of rotatable bonds is 7. The summed E-state index contributed by atoms with van der Waals surface area (Å²) in [6.45, 7) is 14.8. The van der Waals surface area contributed by atoms with Crippen molar-refractivity contribution in [1.29, 1.82) is 0 Å². The Balaban J connectivity index is 0.00000341. The number of aliphatic hydroxyl groups is 5. The minimum Gasteiger partial charge on any atom is -0.547 e. The molecule has 0 aromatic rings.